The fraction of sp³-hybridized carbons (Fsp3) is 0.357. The Morgan fingerprint density at radius 3 is 2.76 bits per heavy atom. The molecular formula is C14H17N3O4. The van der Waals surface area contributed by atoms with Crippen LogP contribution in [0.3, 0.4) is 0 Å². The molecule has 7 nitrogen and oxygen atoms in total. The lowest BCUT2D eigenvalue weighted by Gasteiger charge is -2.14. The minimum absolute atomic E-state index is 0.0130. The van der Waals surface area contributed by atoms with Crippen molar-refractivity contribution < 1.29 is 14.7 Å². The number of rotatable bonds is 5. The second-order valence-electron chi connectivity index (χ2n) is 4.77. The Bertz CT molecular complexity index is 744. The molecule has 1 aromatic heterocycles. The van der Waals surface area contributed by atoms with Gasteiger partial charge in [-0.1, -0.05) is 13.0 Å². The van der Waals surface area contributed by atoms with Crippen LogP contribution in [0.4, 0.5) is 0 Å². The summed E-state index contributed by atoms with van der Waals surface area (Å²) in [5, 5.41) is 11.9. The van der Waals surface area contributed by atoms with Crippen molar-refractivity contribution in [2.24, 2.45) is 0 Å². The number of hydrogen-bond donors (Lipinski definition) is 3. The second kappa shape index (κ2) is 5.82. The molecule has 0 saturated heterocycles. The molecule has 1 atom stereocenters. The van der Waals surface area contributed by atoms with Crippen LogP contribution < -0.4 is 11.0 Å². The zero-order chi connectivity index (χ0) is 15.6. The molecule has 1 unspecified atom stereocenters. The fourth-order valence-electron chi connectivity index (χ4n) is 2.24. The van der Waals surface area contributed by atoms with Crippen LogP contribution in [0.15, 0.2) is 23.0 Å². The van der Waals surface area contributed by atoms with Crippen LogP contribution in [0.1, 0.15) is 36.7 Å². The number of carbonyl (C=O) groups excluding carboxylic acids is 1. The summed E-state index contributed by atoms with van der Waals surface area (Å²) in [5.74, 6) is -1.46. The molecule has 0 radical (unpaired) electrons. The third-order valence-electron chi connectivity index (χ3n) is 3.28. The van der Waals surface area contributed by atoms with Gasteiger partial charge in [-0.05, 0) is 25.5 Å². The fourth-order valence-corrected chi connectivity index (χ4v) is 2.24. The van der Waals surface area contributed by atoms with Gasteiger partial charge in [0.2, 0.25) is 5.91 Å². The number of carbonyl (C=O) groups is 2. The SMILES string of the molecule is CCCNC(=O)C(C)n1c(=O)[nH]c2cccc(C(=O)O)c21. The van der Waals surface area contributed by atoms with Gasteiger partial charge in [0.1, 0.15) is 6.04 Å². The Labute approximate surface area is 120 Å². The van der Waals surface area contributed by atoms with E-state index >= 15 is 0 Å². The number of aromatic amines is 1. The van der Waals surface area contributed by atoms with Gasteiger partial charge in [-0.3, -0.25) is 9.36 Å². The Hall–Kier alpha value is -2.57. The van der Waals surface area contributed by atoms with Gasteiger partial charge in [0, 0.05) is 6.54 Å². The van der Waals surface area contributed by atoms with Gasteiger partial charge in [-0.15, -0.1) is 0 Å². The maximum atomic E-state index is 12.1. The first-order valence-electron chi connectivity index (χ1n) is 6.71. The molecule has 7 heteroatoms. The first-order chi connectivity index (χ1) is 9.97. The molecule has 1 aromatic carbocycles. The summed E-state index contributed by atoms with van der Waals surface area (Å²) in [6, 6.07) is 3.77. The molecule has 3 N–H and O–H groups in total. The maximum Gasteiger partial charge on any atom is 0.337 e. The van der Waals surface area contributed by atoms with Crippen molar-refractivity contribution in [3.63, 3.8) is 0 Å². The van der Waals surface area contributed by atoms with Crippen molar-refractivity contribution in [1.29, 1.82) is 0 Å². The number of aromatic carboxylic acids is 1. The van der Waals surface area contributed by atoms with E-state index in [9.17, 15) is 19.5 Å². The summed E-state index contributed by atoms with van der Waals surface area (Å²) in [7, 11) is 0. The van der Waals surface area contributed by atoms with Gasteiger partial charge < -0.3 is 15.4 Å². The van der Waals surface area contributed by atoms with Crippen molar-refractivity contribution >= 4 is 22.9 Å². The number of H-pyrrole nitrogens is 1. The first-order valence-corrected chi connectivity index (χ1v) is 6.71. The molecular weight excluding hydrogens is 274 g/mol. The van der Waals surface area contributed by atoms with E-state index in [1.54, 1.807) is 19.1 Å². The Morgan fingerprint density at radius 1 is 1.43 bits per heavy atom. The van der Waals surface area contributed by atoms with Gasteiger partial charge in [0.25, 0.3) is 0 Å². The highest BCUT2D eigenvalue weighted by Crippen LogP contribution is 2.19. The molecule has 0 fully saturated rings. The van der Waals surface area contributed by atoms with Gasteiger partial charge >= 0.3 is 11.7 Å². The van der Waals surface area contributed by atoms with E-state index in [0.29, 0.717) is 12.1 Å². The number of amides is 1. The number of fused-ring (bicyclic) bond motifs is 1. The third kappa shape index (κ3) is 2.67. The van der Waals surface area contributed by atoms with E-state index in [-0.39, 0.29) is 17.0 Å². The minimum atomic E-state index is -1.14. The Morgan fingerprint density at radius 2 is 2.14 bits per heavy atom. The van der Waals surface area contributed by atoms with Crippen molar-refractivity contribution in [3.8, 4) is 0 Å². The van der Waals surface area contributed by atoms with E-state index in [0.717, 1.165) is 6.42 Å². The highest BCUT2D eigenvalue weighted by Gasteiger charge is 2.22. The zero-order valence-electron chi connectivity index (χ0n) is 11.8. The number of hydrogen-bond acceptors (Lipinski definition) is 3. The summed E-state index contributed by atoms with van der Waals surface area (Å²) < 4.78 is 1.18. The number of carboxylic acids is 1. The molecule has 112 valence electrons. The normalized spacial score (nSPS) is 12.3. The predicted octanol–water partition coefficient (Wildman–Crippen LogP) is 1.11. The highest BCUT2D eigenvalue weighted by atomic mass is 16.4. The van der Waals surface area contributed by atoms with Crippen LogP contribution in [0.2, 0.25) is 0 Å². The van der Waals surface area contributed by atoms with Gasteiger partial charge in [0.15, 0.2) is 0 Å². The number of para-hydroxylation sites is 1. The lowest BCUT2D eigenvalue weighted by molar-refractivity contribution is -0.123. The first kappa shape index (κ1) is 14.8. The van der Waals surface area contributed by atoms with Crippen LogP contribution in [0.25, 0.3) is 11.0 Å². The van der Waals surface area contributed by atoms with E-state index in [2.05, 4.69) is 10.3 Å². The van der Waals surface area contributed by atoms with Gasteiger partial charge in [-0.2, -0.15) is 0 Å². The molecule has 0 aliphatic rings. The van der Waals surface area contributed by atoms with Crippen LogP contribution in [0.5, 0.6) is 0 Å². The predicted molar refractivity (Wildman–Crippen MR) is 77.5 cm³/mol. The van der Waals surface area contributed by atoms with E-state index < -0.39 is 17.7 Å². The standard InChI is InChI=1S/C14H17N3O4/c1-3-7-15-12(18)8(2)17-11-9(13(19)20)5-4-6-10(11)16-14(17)21/h4-6,8H,3,7H2,1-2H3,(H,15,18)(H,16,21)(H,19,20). The largest absolute Gasteiger partial charge is 0.478 e. The molecule has 2 aromatic rings. The van der Waals surface area contributed by atoms with Crippen molar-refractivity contribution in [3.05, 3.63) is 34.2 Å². The van der Waals surface area contributed by atoms with Gasteiger partial charge in [0.05, 0.1) is 16.6 Å². The average Bonchev–Trinajstić information content (AvgIpc) is 2.79. The number of benzene rings is 1. The molecule has 0 spiro atoms. The lowest BCUT2D eigenvalue weighted by Crippen LogP contribution is -2.35. The molecule has 0 aliphatic carbocycles. The summed E-state index contributed by atoms with van der Waals surface area (Å²) in [6.45, 7) is 4.00. The van der Waals surface area contributed by atoms with Gasteiger partial charge in [-0.25, -0.2) is 9.59 Å². The van der Waals surface area contributed by atoms with Crippen molar-refractivity contribution in [2.45, 2.75) is 26.3 Å². The minimum Gasteiger partial charge on any atom is -0.478 e. The van der Waals surface area contributed by atoms with Crippen LogP contribution in [-0.2, 0) is 4.79 Å². The number of carboxylic acid groups (broad SMARTS) is 1. The summed E-state index contributed by atoms with van der Waals surface area (Å²) >= 11 is 0. The molecule has 0 aliphatic heterocycles. The summed E-state index contributed by atoms with van der Waals surface area (Å²) in [6.07, 6.45) is 0.779. The molecule has 0 saturated carbocycles. The average molecular weight is 291 g/mol. The lowest BCUT2D eigenvalue weighted by atomic mass is 10.1. The Balaban J connectivity index is 2.58. The molecule has 1 heterocycles. The summed E-state index contributed by atoms with van der Waals surface area (Å²) in [4.78, 5) is 38.0. The van der Waals surface area contributed by atoms with Crippen molar-refractivity contribution in [2.75, 3.05) is 6.54 Å². The van der Waals surface area contributed by atoms with E-state index in [1.165, 1.54) is 10.6 Å². The number of nitrogens with one attached hydrogen (secondary N) is 2. The van der Waals surface area contributed by atoms with E-state index in [1.807, 2.05) is 6.92 Å². The third-order valence-corrected chi connectivity index (χ3v) is 3.28. The van der Waals surface area contributed by atoms with Crippen molar-refractivity contribution in [1.82, 2.24) is 14.9 Å². The van der Waals surface area contributed by atoms with E-state index in [4.69, 9.17) is 0 Å². The monoisotopic (exact) mass is 291 g/mol. The quantitative estimate of drug-likeness (QED) is 0.767. The maximum absolute atomic E-state index is 12.1. The smallest absolute Gasteiger partial charge is 0.337 e. The van der Waals surface area contributed by atoms with Crippen LogP contribution in [0, 0.1) is 0 Å². The summed E-state index contributed by atoms with van der Waals surface area (Å²) in [5.41, 5.74) is 0.114. The number of nitrogens with zero attached hydrogens (tertiary/aromatic N) is 1. The molecule has 2 rings (SSSR count). The van der Waals surface area contributed by atoms with Crippen LogP contribution in [-0.4, -0.2) is 33.1 Å². The topological polar surface area (TPSA) is 104 Å². The number of imidazole rings is 1. The Kier molecular flexibility index (Phi) is 4.11. The van der Waals surface area contributed by atoms with Crippen LogP contribution >= 0.6 is 0 Å². The zero-order valence-corrected chi connectivity index (χ0v) is 11.8. The molecule has 21 heavy (non-hydrogen) atoms. The highest BCUT2D eigenvalue weighted by molar-refractivity contribution is 6.01. The second-order valence-corrected chi connectivity index (χ2v) is 4.77. The molecule has 1 amide bonds. The molecule has 0 bridgehead atoms. The number of aromatic nitrogens is 2.